The van der Waals surface area contributed by atoms with Gasteiger partial charge in [0.15, 0.2) is 0 Å². The van der Waals surface area contributed by atoms with Crippen LogP contribution < -0.4 is 0 Å². The molecule has 3 nitrogen and oxygen atoms in total. The molecule has 1 aromatic rings. The van der Waals surface area contributed by atoms with Gasteiger partial charge in [0.1, 0.15) is 5.41 Å². The number of hydrogen-bond donors (Lipinski definition) is 0. The first-order valence-electron chi connectivity index (χ1n) is 6.99. The number of rotatable bonds is 3. The Labute approximate surface area is 125 Å². The number of carbonyl (C=O) groups is 1. The van der Waals surface area contributed by atoms with Gasteiger partial charge in [0.25, 0.3) is 0 Å². The molecular weight excluding hydrogens is 272 g/mol. The molecule has 0 N–H and O–H groups in total. The minimum atomic E-state index is -0.825. The van der Waals surface area contributed by atoms with Crippen LogP contribution in [0.5, 0.6) is 0 Å². The summed E-state index contributed by atoms with van der Waals surface area (Å²) in [6.45, 7) is 0.446. The molecular formula is C16H19ClN2O. The number of amides is 1. The smallest absolute Gasteiger partial charge is 0.243 e. The average molecular weight is 291 g/mol. The Morgan fingerprint density at radius 1 is 1.35 bits per heavy atom. The quantitative estimate of drug-likeness (QED) is 0.850. The maximum Gasteiger partial charge on any atom is 0.243 e. The molecule has 0 aromatic heterocycles. The van der Waals surface area contributed by atoms with Gasteiger partial charge in [-0.25, -0.2) is 0 Å². The predicted octanol–water partition coefficient (Wildman–Crippen LogP) is 3.77. The summed E-state index contributed by atoms with van der Waals surface area (Å²) in [5.41, 5.74) is 0.0859. The lowest BCUT2D eigenvalue weighted by molar-refractivity contribution is -0.139. The third kappa shape index (κ3) is 2.96. The molecule has 1 aromatic carbocycles. The van der Waals surface area contributed by atoms with Crippen LogP contribution in [0, 0.1) is 16.7 Å². The van der Waals surface area contributed by atoms with Gasteiger partial charge in [-0.3, -0.25) is 4.79 Å². The van der Waals surface area contributed by atoms with Crippen LogP contribution in [0.25, 0.3) is 0 Å². The van der Waals surface area contributed by atoms with Gasteiger partial charge in [-0.2, -0.15) is 5.26 Å². The van der Waals surface area contributed by atoms with Crippen LogP contribution in [0.15, 0.2) is 24.3 Å². The molecule has 0 atom stereocenters. The lowest BCUT2D eigenvalue weighted by Gasteiger charge is -2.33. The largest absolute Gasteiger partial charge is 0.340 e. The Kier molecular flexibility index (Phi) is 4.67. The molecule has 0 bridgehead atoms. The van der Waals surface area contributed by atoms with E-state index < -0.39 is 5.41 Å². The number of hydrogen-bond acceptors (Lipinski definition) is 2. The fraction of sp³-hybridized carbons (Fsp3) is 0.500. The summed E-state index contributed by atoms with van der Waals surface area (Å²) < 4.78 is 0. The molecule has 1 aliphatic carbocycles. The SMILES string of the molecule is CN(Cc1ccccc1Cl)C(=O)C1(C#N)CCCCC1. The molecule has 0 saturated heterocycles. The number of nitrogens with zero attached hydrogens (tertiary/aromatic N) is 2. The van der Waals surface area contributed by atoms with E-state index in [0.29, 0.717) is 24.4 Å². The Balaban J connectivity index is 2.12. The minimum Gasteiger partial charge on any atom is -0.340 e. The summed E-state index contributed by atoms with van der Waals surface area (Å²) in [6.07, 6.45) is 4.38. The number of benzene rings is 1. The van der Waals surface area contributed by atoms with Crippen LogP contribution in [0.1, 0.15) is 37.7 Å². The van der Waals surface area contributed by atoms with Crippen LogP contribution in [0.3, 0.4) is 0 Å². The summed E-state index contributed by atoms with van der Waals surface area (Å²) in [5.74, 6) is -0.0698. The zero-order valence-electron chi connectivity index (χ0n) is 11.7. The van der Waals surface area contributed by atoms with E-state index in [1.807, 2.05) is 24.3 Å². The van der Waals surface area contributed by atoms with Gasteiger partial charge in [0, 0.05) is 18.6 Å². The van der Waals surface area contributed by atoms with E-state index >= 15 is 0 Å². The van der Waals surface area contributed by atoms with Crippen molar-refractivity contribution >= 4 is 17.5 Å². The van der Waals surface area contributed by atoms with Crippen molar-refractivity contribution in [3.8, 4) is 6.07 Å². The van der Waals surface area contributed by atoms with Crippen LogP contribution >= 0.6 is 11.6 Å². The number of nitriles is 1. The second kappa shape index (κ2) is 6.28. The van der Waals surface area contributed by atoms with E-state index in [0.717, 1.165) is 24.8 Å². The zero-order valence-corrected chi connectivity index (χ0v) is 12.5. The highest BCUT2D eigenvalue weighted by Crippen LogP contribution is 2.37. The lowest BCUT2D eigenvalue weighted by Crippen LogP contribution is -2.42. The van der Waals surface area contributed by atoms with Crippen molar-refractivity contribution in [2.45, 2.75) is 38.6 Å². The Bertz CT molecular complexity index is 530. The minimum absolute atomic E-state index is 0.0698. The van der Waals surface area contributed by atoms with Crippen molar-refractivity contribution in [3.63, 3.8) is 0 Å². The Morgan fingerprint density at radius 2 is 2.00 bits per heavy atom. The summed E-state index contributed by atoms with van der Waals surface area (Å²) in [6, 6.07) is 9.77. The number of halogens is 1. The van der Waals surface area contributed by atoms with E-state index in [4.69, 9.17) is 11.6 Å². The summed E-state index contributed by atoms with van der Waals surface area (Å²) in [4.78, 5) is 14.3. The normalized spacial score (nSPS) is 17.2. The van der Waals surface area contributed by atoms with Gasteiger partial charge in [-0.05, 0) is 24.5 Å². The van der Waals surface area contributed by atoms with Crippen molar-refractivity contribution in [1.29, 1.82) is 5.26 Å². The van der Waals surface area contributed by atoms with E-state index in [9.17, 15) is 10.1 Å². The summed E-state index contributed by atoms with van der Waals surface area (Å²) in [7, 11) is 1.75. The molecule has 106 valence electrons. The molecule has 0 radical (unpaired) electrons. The second-order valence-corrected chi connectivity index (χ2v) is 5.91. The molecule has 1 amide bonds. The first kappa shape index (κ1) is 14.9. The van der Waals surface area contributed by atoms with Gasteiger partial charge in [0.2, 0.25) is 5.91 Å². The van der Waals surface area contributed by atoms with Crippen molar-refractivity contribution in [1.82, 2.24) is 4.90 Å². The molecule has 2 rings (SSSR count). The van der Waals surface area contributed by atoms with E-state index in [2.05, 4.69) is 6.07 Å². The standard InChI is InChI=1S/C16H19ClN2O/c1-19(11-13-7-3-4-8-14(13)17)15(20)16(12-18)9-5-2-6-10-16/h3-4,7-8H,2,5-6,9-11H2,1H3. The zero-order chi connectivity index (χ0) is 14.6. The monoisotopic (exact) mass is 290 g/mol. The van der Waals surface area contributed by atoms with E-state index in [-0.39, 0.29) is 5.91 Å². The van der Waals surface area contributed by atoms with Crippen molar-refractivity contribution in [3.05, 3.63) is 34.9 Å². The third-order valence-corrected chi connectivity index (χ3v) is 4.41. The maximum absolute atomic E-state index is 12.6. The topological polar surface area (TPSA) is 44.1 Å². The van der Waals surface area contributed by atoms with Crippen molar-refractivity contribution < 1.29 is 4.79 Å². The first-order chi connectivity index (χ1) is 9.59. The molecule has 4 heteroatoms. The van der Waals surface area contributed by atoms with Crippen LogP contribution in [0.4, 0.5) is 0 Å². The first-order valence-corrected chi connectivity index (χ1v) is 7.37. The highest BCUT2D eigenvalue weighted by Gasteiger charge is 2.41. The maximum atomic E-state index is 12.6. The van der Waals surface area contributed by atoms with Crippen LogP contribution in [-0.4, -0.2) is 17.9 Å². The van der Waals surface area contributed by atoms with Gasteiger partial charge >= 0.3 is 0 Å². The molecule has 0 unspecified atom stereocenters. The fourth-order valence-electron chi connectivity index (χ4n) is 2.85. The molecule has 20 heavy (non-hydrogen) atoms. The van der Waals surface area contributed by atoms with Crippen molar-refractivity contribution in [2.24, 2.45) is 5.41 Å². The Morgan fingerprint density at radius 3 is 2.60 bits per heavy atom. The third-order valence-electron chi connectivity index (χ3n) is 4.04. The summed E-state index contributed by atoms with van der Waals surface area (Å²) in [5, 5.41) is 10.1. The van der Waals surface area contributed by atoms with Gasteiger partial charge in [-0.15, -0.1) is 0 Å². The molecule has 0 heterocycles. The summed E-state index contributed by atoms with van der Waals surface area (Å²) >= 11 is 6.12. The van der Waals surface area contributed by atoms with Gasteiger partial charge in [-0.1, -0.05) is 49.1 Å². The van der Waals surface area contributed by atoms with E-state index in [1.165, 1.54) is 0 Å². The number of carbonyl (C=O) groups excluding carboxylic acids is 1. The Hall–Kier alpha value is -1.53. The molecule has 1 aliphatic rings. The van der Waals surface area contributed by atoms with Crippen molar-refractivity contribution in [2.75, 3.05) is 7.05 Å². The highest BCUT2D eigenvalue weighted by molar-refractivity contribution is 6.31. The molecule has 0 aliphatic heterocycles. The fourth-order valence-corrected chi connectivity index (χ4v) is 3.04. The van der Waals surface area contributed by atoms with Crippen LogP contribution in [0.2, 0.25) is 5.02 Å². The van der Waals surface area contributed by atoms with Gasteiger partial charge < -0.3 is 4.90 Å². The molecule has 1 fully saturated rings. The molecule has 0 spiro atoms. The predicted molar refractivity (Wildman–Crippen MR) is 79.1 cm³/mol. The highest BCUT2D eigenvalue weighted by atomic mass is 35.5. The average Bonchev–Trinajstić information content (AvgIpc) is 2.49. The molecule has 1 saturated carbocycles. The van der Waals surface area contributed by atoms with Gasteiger partial charge in [0.05, 0.1) is 6.07 Å². The van der Waals surface area contributed by atoms with E-state index in [1.54, 1.807) is 11.9 Å². The second-order valence-electron chi connectivity index (χ2n) is 5.51. The lowest BCUT2D eigenvalue weighted by atomic mass is 9.74. The van der Waals surface area contributed by atoms with Crippen LogP contribution in [-0.2, 0) is 11.3 Å².